The molecule has 49 heavy (non-hydrogen) atoms. The maximum atomic E-state index is 12.2. The van der Waals surface area contributed by atoms with Gasteiger partial charge in [0.2, 0.25) is 16.2 Å². The lowest BCUT2D eigenvalue weighted by atomic mass is 9.94. The molecule has 0 spiro atoms. The average molecular weight is 767 g/mol. The molecule has 0 radical (unpaired) electrons. The lowest BCUT2D eigenvalue weighted by Gasteiger charge is -2.33. The Morgan fingerprint density at radius 3 is 1.67 bits per heavy atom. The number of anilines is 1. The number of hydrogen-bond donors (Lipinski definition) is 0. The second-order valence-corrected chi connectivity index (χ2v) is 17.6. The first-order chi connectivity index (χ1) is 23.7. The zero-order valence-electron chi connectivity index (χ0n) is 28.2. The highest BCUT2D eigenvalue weighted by atomic mass is 32.2. The van der Waals surface area contributed by atoms with Crippen molar-refractivity contribution in [2.24, 2.45) is 0 Å². The molecule has 0 aliphatic heterocycles. The molecule has 0 N–H and O–H groups in total. The molecule has 2 aromatic carbocycles. The average Bonchev–Trinajstić information content (AvgIpc) is 3.11. The van der Waals surface area contributed by atoms with Gasteiger partial charge in [-0.05, 0) is 111 Å². The van der Waals surface area contributed by atoms with Crippen LogP contribution in [-0.4, -0.2) is 60.8 Å². The van der Waals surface area contributed by atoms with Crippen LogP contribution in [0.2, 0.25) is 0 Å². The molecule has 12 heteroatoms. The Morgan fingerprint density at radius 1 is 0.735 bits per heavy atom. The third-order valence-electron chi connectivity index (χ3n) is 7.30. The molecule has 1 saturated carbocycles. The van der Waals surface area contributed by atoms with Gasteiger partial charge in [-0.3, -0.25) is 9.59 Å². The molecule has 1 aliphatic rings. The Bertz CT molecular complexity index is 1650. The van der Waals surface area contributed by atoms with Gasteiger partial charge >= 0.3 is 0 Å². The number of rotatable bonds is 17. The highest BCUT2D eigenvalue weighted by Crippen LogP contribution is 2.31. The van der Waals surface area contributed by atoms with Gasteiger partial charge in [-0.1, -0.05) is 61.9 Å². The normalized spacial score (nSPS) is 13.0. The van der Waals surface area contributed by atoms with Crippen molar-refractivity contribution in [3.8, 4) is 11.8 Å². The van der Waals surface area contributed by atoms with E-state index in [2.05, 4.69) is 49.0 Å². The Kier molecular flexibility index (Phi) is 17.1. The largest absolute Gasteiger partial charge is 0.338 e. The van der Waals surface area contributed by atoms with Crippen molar-refractivity contribution in [3.05, 3.63) is 72.8 Å². The van der Waals surface area contributed by atoms with E-state index in [9.17, 15) is 9.59 Å². The van der Waals surface area contributed by atoms with Crippen molar-refractivity contribution in [1.82, 2.24) is 15.0 Å². The fourth-order valence-electron chi connectivity index (χ4n) is 4.90. The first-order valence-electron chi connectivity index (χ1n) is 16.2. The van der Waals surface area contributed by atoms with E-state index in [1.807, 2.05) is 36.4 Å². The molecule has 3 aromatic rings. The zero-order chi connectivity index (χ0) is 35.0. The molecule has 1 aliphatic carbocycles. The topological polar surface area (TPSA) is 76.1 Å². The summed E-state index contributed by atoms with van der Waals surface area (Å²) < 4.78 is 0. The number of carbonyl (C=O) groups excluding carboxylic acids is 2. The van der Waals surface area contributed by atoms with Gasteiger partial charge in [-0.25, -0.2) is 0 Å². The summed E-state index contributed by atoms with van der Waals surface area (Å²) in [6.45, 7) is 14.0. The predicted octanol–water partition coefficient (Wildman–Crippen LogP) is 10.2. The van der Waals surface area contributed by atoms with Crippen LogP contribution in [0.3, 0.4) is 0 Å². The smallest absolute Gasteiger partial charge is 0.231 e. The lowest BCUT2D eigenvalue weighted by molar-refractivity contribution is -0.108. The van der Waals surface area contributed by atoms with Gasteiger partial charge in [0.15, 0.2) is 10.3 Å². The molecule has 6 nitrogen and oxygen atoms in total. The van der Waals surface area contributed by atoms with Crippen LogP contribution in [0.5, 0.6) is 0 Å². The van der Waals surface area contributed by atoms with Crippen molar-refractivity contribution in [2.45, 2.75) is 88.8 Å². The van der Waals surface area contributed by atoms with E-state index in [4.69, 9.17) is 15.0 Å². The number of thioether (sulfide) groups is 6. The number of hydrogen-bond acceptors (Lipinski definition) is 12. The molecule has 1 aromatic heterocycles. The number of carbonyl (C=O) groups is 2. The lowest BCUT2D eigenvalue weighted by Crippen LogP contribution is -2.38. The van der Waals surface area contributed by atoms with E-state index >= 15 is 0 Å². The van der Waals surface area contributed by atoms with Crippen molar-refractivity contribution >= 4 is 86.8 Å². The van der Waals surface area contributed by atoms with Crippen LogP contribution < -0.4 is 4.90 Å². The van der Waals surface area contributed by atoms with E-state index in [1.165, 1.54) is 48.8 Å². The summed E-state index contributed by atoms with van der Waals surface area (Å²) in [5, 5.41) is 1.42. The first-order valence-corrected chi connectivity index (χ1v) is 21.8. The number of benzene rings is 2. The zero-order valence-corrected chi connectivity index (χ0v) is 33.1. The van der Waals surface area contributed by atoms with Crippen LogP contribution in [0.25, 0.3) is 0 Å². The van der Waals surface area contributed by atoms with Gasteiger partial charge in [0.05, 0.1) is 5.57 Å². The predicted molar refractivity (Wildman–Crippen MR) is 215 cm³/mol. The minimum atomic E-state index is -0.122. The molecule has 0 amide bonds. The molecule has 0 atom stereocenters. The van der Waals surface area contributed by atoms with E-state index < -0.39 is 0 Å². The Hall–Kier alpha value is -2.27. The van der Waals surface area contributed by atoms with Crippen LogP contribution in [0.15, 0.2) is 103 Å². The molecule has 1 heterocycles. The quantitative estimate of drug-likeness (QED) is 0.0568. The summed E-state index contributed by atoms with van der Waals surface area (Å²) in [4.78, 5) is 45.5. The number of aromatic nitrogens is 3. The summed E-state index contributed by atoms with van der Waals surface area (Å²) in [6.07, 6.45) is 6.19. The first kappa shape index (κ1) is 39.5. The van der Waals surface area contributed by atoms with Crippen LogP contribution in [0, 0.1) is 11.8 Å². The monoisotopic (exact) mass is 766 g/mol. The minimum absolute atomic E-state index is 0.00370. The molecule has 0 unspecified atom stereocenters. The second-order valence-electron chi connectivity index (χ2n) is 11.0. The number of nitrogens with zero attached hydrogens (tertiary/aromatic N) is 4. The van der Waals surface area contributed by atoms with Gasteiger partial charge in [-0.15, -0.1) is 29.4 Å². The summed E-state index contributed by atoms with van der Waals surface area (Å²) >= 11 is 9.28. The van der Waals surface area contributed by atoms with E-state index in [-0.39, 0.29) is 10.2 Å². The highest BCUT2D eigenvalue weighted by Gasteiger charge is 2.23. The SMILES string of the molecule is C=C(C)C(=O)Sc1ccc(SCCSc2nc(SCCSc3ccc(SC(=O)C(=C)C#CC)cc3)nc(N(CC)C3CCCCC3)n2)cc1. The fourth-order valence-corrected chi connectivity index (χ4v) is 9.70. The van der Waals surface area contributed by atoms with E-state index in [0.29, 0.717) is 17.2 Å². The molecular weight excluding hydrogens is 725 g/mol. The summed E-state index contributed by atoms with van der Waals surface area (Å²) in [5.41, 5.74) is 0.878. The third kappa shape index (κ3) is 13.4. The standard InChI is InChI=1S/C37H42N4O2S6/c1-6-11-27(5)34(43)49-32-20-16-30(17-21-32)45-23-25-47-37-39-35(41(7-2)28-12-9-8-10-13-28)38-36(40-37)46-24-22-44-29-14-18-31(19-15-29)48-33(42)26(3)4/h14-21,28H,3,5,7-10,12-13,22-25H2,1-2,4H3. The van der Waals surface area contributed by atoms with E-state index in [1.54, 1.807) is 60.9 Å². The van der Waals surface area contributed by atoms with Gasteiger partial charge < -0.3 is 4.90 Å². The minimum Gasteiger partial charge on any atom is -0.338 e. The van der Waals surface area contributed by atoms with Gasteiger partial charge in [0, 0.05) is 55.2 Å². The fraction of sp³-hybridized carbons (Fsp3) is 0.378. The van der Waals surface area contributed by atoms with Gasteiger partial charge in [0.1, 0.15) is 0 Å². The highest BCUT2D eigenvalue weighted by molar-refractivity contribution is 8.14. The maximum Gasteiger partial charge on any atom is 0.231 e. The second kappa shape index (κ2) is 21.2. The Morgan fingerprint density at radius 2 is 1.20 bits per heavy atom. The third-order valence-corrected chi connectivity index (χ3v) is 13.5. The maximum absolute atomic E-state index is 12.2. The molecule has 4 rings (SSSR count). The van der Waals surface area contributed by atoms with Crippen LogP contribution >= 0.6 is 70.6 Å². The summed E-state index contributed by atoms with van der Waals surface area (Å²) in [7, 11) is 0. The van der Waals surface area contributed by atoms with Crippen LogP contribution in [0.1, 0.15) is 52.9 Å². The van der Waals surface area contributed by atoms with Crippen molar-refractivity contribution in [2.75, 3.05) is 34.5 Å². The van der Waals surface area contributed by atoms with Crippen LogP contribution in [0.4, 0.5) is 5.95 Å². The molecular formula is C37H42N4O2S6. The van der Waals surface area contributed by atoms with Crippen molar-refractivity contribution in [3.63, 3.8) is 0 Å². The Labute approximate surface area is 317 Å². The van der Waals surface area contributed by atoms with Gasteiger partial charge in [-0.2, -0.15) is 15.0 Å². The molecule has 0 bridgehead atoms. The van der Waals surface area contributed by atoms with E-state index in [0.717, 1.165) is 72.3 Å². The Balaban J connectivity index is 1.33. The van der Waals surface area contributed by atoms with Crippen molar-refractivity contribution < 1.29 is 9.59 Å². The summed E-state index contributed by atoms with van der Waals surface area (Å²) in [5.74, 6) is 9.79. The van der Waals surface area contributed by atoms with Crippen molar-refractivity contribution in [1.29, 1.82) is 0 Å². The van der Waals surface area contributed by atoms with Crippen LogP contribution in [-0.2, 0) is 9.59 Å². The molecule has 258 valence electrons. The van der Waals surface area contributed by atoms with Gasteiger partial charge in [0.25, 0.3) is 0 Å². The summed E-state index contributed by atoms with van der Waals surface area (Å²) in [6, 6.07) is 16.6. The molecule has 0 saturated heterocycles. The molecule has 1 fully saturated rings.